The van der Waals surface area contributed by atoms with E-state index in [0.29, 0.717) is 0 Å². The zero-order valence-corrected chi connectivity index (χ0v) is 32.0. The van der Waals surface area contributed by atoms with Crippen molar-refractivity contribution in [3.8, 4) is 22.3 Å². The number of anilines is 3. The highest BCUT2D eigenvalue weighted by molar-refractivity contribution is 6.32. The summed E-state index contributed by atoms with van der Waals surface area (Å²) in [6.45, 7) is 17.5. The summed E-state index contributed by atoms with van der Waals surface area (Å²) in [5, 5.41) is 7.52. The van der Waals surface area contributed by atoms with Crippen LogP contribution in [0, 0.1) is 6.92 Å². The van der Waals surface area contributed by atoms with Gasteiger partial charge in [-0.2, -0.15) is 0 Å². The summed E-state index contributed by atoms with van der Waals surface area (Å²) in [7, 11) is 0. The maximum absolute atomic E-state index is 4.66. The summed E-state index contributed by atoms with van der Waals surface area (Å²) < 4.78 is 0. The molecule has 1 aliphatic carbocycles. The van der Waals surface area contributed by atoms with E-state index in [1.807, 2.05) is 6.08 Å². The maximum atomic E-state index is 4.66. The molecule has 0 saturated carbocycles. The van der Waals surface area contributed by atoms with Gasteiger partial charge in [-0.3, -0.25) is 0 Å². The minimum Gasteiger partial charge on any atom is -0.318 e. The molecular weight excluding hydrogens is 653 g/mol. The van der Waals surface area contributed by atoms with Crippen molar-refractivity contribution in [1.29, 1.82) is 0 Å². The van der Waals surface area contributed by atoms with Gasteiger partial charge in [-0.25, -0.2) is 0 Å². The molecule has 7 aromatic rings. The van der Waals surface area contributed by atoms with Crippen molar-refractivity contribution in [1.82, 2.24) is 0 Å². The summed E-state index contributed by atoms with van der Waals surface area (Å²) >= 11 is 0. The molecule has 2 heteroatoms. The Labute approximate surface area is 320 Å². The van der Waals surface area contributed by atoms with Crippen LogP contribution in [0.3, 0.4) is 0 Å². The fourth-order valence-corrected chi connectivity index (χ4v) is 8.54. The van der Waals surface area contributed by atoms with E-state index in [-0.39, 0.29) is 0 Å². The first-order valence-electron chi connectivity index (χ1n) is 19.3. The molecule has 0 unspecified atom stereocenters. The number of benzene rings is 7. The molecular formula is C52H48N2. The first-order valence-corrected chi connectivity index (χ1v) is 19.3. The minimum atomic E-state index is 0.891. The van der Waals surface area contributed by atoms with Gasteiger partial charge in [0.1, 0.15) is 0 Å². The van der Waals surface area contributed by atoms with Crippen LogP contribution < -0.4 is 9.80 Å². The zero-order valence-electron chi connectivity index (χ0n) is 32.0. The smallest absolute Gasteiger partial charge is 0.0543 e. The SMILES string of the molecule is C=C/C=C(\C)N(C(=C)CCC)c1cc(-c2ccccc2)c2ccc3c(N(C4=CC(C)=CCC4)c4cccc(C)c4)cc(-c4ccccc4)c4ccc1c2c43. The molecule has 0 atom stereocenters. The number of allylic oxidation sites excluding steroid dienone is 8. The topological polar surface area (TPSA) is 6.48 Å². The normalized spacial score (nSPS) is 13.3. The molecule has 8 rings (SSSR count). The Kier molecular flexibility index (Phi) is 9.52. The van der Waals surface area contributed by atoms with Crippen molar-refractivity contribution >= 4 is 49.4 Å². The van der Waals surface area contributed by atoms with Gasteiger partial charge in [0.15, 0.2) is 0 Å². The fourth-order valence-electron chi connectivity index (χ4n) is 8.54. The molecule has 0 aliphatic heterocycles. The molecule has 0 amide bonds. The molecule has 0 aromatic heterocycles. The van der Waals surface area contributed by atoms with E-state index in [1.54, 1.807) is 0 Å². The largest absolute Gasteiger partial charge is 0.318 e. The van der Waals surface area contributed by atoms with Crippen LogP contribution in [-0.4, -0.2) is 0 Å². The lowest BCUT2D eigenvalue weighted by atomic mass is 9.85. The molecule has 0 saturated heterocycles. The predicted octanol–water partition coefficient (Wildman–Crippen LogP) is 15.2. The molecule has 1 aliphatic rings. The maximum Gasteiger partial charge on any atom is 0.0543 e. The lowest BCUT2D eigenvalue weighted by Gasteiger charge is -2.33. The van der Waals surface area contributed by atoms with Crippen LogP contribution in [0.15, 0.2) is 181 Å². The van der Waals surface area contributed by atoms with Crippen LogP contribution in [0.5, 0.6) is 0 Å². The van der Waals surface area contributed by atoms with Crippen LogP contribution in [0.1, 0.15) is 52.0 Å². The van der Waals surface area contributed by atoms with Crippen LogP contribution in [0.4, 0.5) is 17.1 Å². The van der Waals surface area contributed by atoms with Crippen LogP contribution in [0.25, 0.3) is 54.6 Å². The standard InChI is InChI=1S/C52H48N2/c1-7-17-37(5)53(38(6)18-8-2)49-33-47(39-21-11-9-12-22-39)43-28-30-46-50(54(41-25-15-19-35(3)31-41)42-26-16-20-36(4)32-42)34-48(40-23-13-10-14-24-40)44-27-29-45(49)51(43)52(44)46/h7,9-15,17,19-25,27-34H,1,6,8,16,18,26H2,2-5H3/b37-17+. The number of aryl methyl sites for hydroxylation is 1. The Hall–Kier alpha value is -6.12. The van der Waals surface area contributed by atoms with Gasteiger partial charge in [0.2, 0.25) is 0 Å². The average molecular weight is 701 g/mol. The molecule has 7 aromatic carbocycles. The van der Waals surface area contributed by atoms with Crippen molar-refractivity contribution in [3.63, 3.8) is 0 Å². The lowest BCUT2D eigenvalue weighted by Crippen LogP contribution is -2.20. The monoisotopic (exact) mass is 700 g/mol. The van der Waals surface area contributed by atoms with Crippen molar-refractivity contribution in [2.24, 2.45) is 0 Å². The van der Waals surface area contributed by atoms with Gasteiger partial charge >= 0.3 is 0 Å². The Morgan fingerprint density at radius 2 is 1.30 bits per heavy atom. The summed E-state index contributed by atoms with van der Waals surface area (Å²) in [6.07, 6.45) is 12.6. The molecule has 0 radical (unpaired) electrons. The Bertz CT molecular complexity index is 2620. The summed E-state index contributed by atoms with van der Waals surface area (Å²) in [5.74, 6) is 0. The van der Waals surface area contributed by atoms with Gasteiger partial charge in [0, 0.05) is 44.3 Å². The van der Waals surface area contributed by atoms with E-state index in [2.05, 4.69) is 190 Å². The highest BCUT2D eigenvalue weighted by Gasteiger charge is 2.26. The molecule has 0 fully saturated rings. The van der Waals surface area contributed by atoms with Crippen LogP contribution >= 0.6 is 0 Å². The predicted molar refractivity (Wildman–Crippen MR) is 236 cm³/mol. The summed E-state index contributed by atoms with van der Waals surface area (Å²) in [6, 6.07) is 45.0. The Balaban J connectivity index is 1.56. The fraction of sp³-hybridized carbons (Fsp3) is 0.154. The quantitative estimate of drug-likeness (QED) is 0.0979. The molecule has 2 nitrogen and oxygen atoms in total. The third kappa shape index (κ3) is 6.22. The second-order valence-corrected chi connectivity index (χ2v) is 14.7. The van der Waals surface area contributed by atoms with Crippen LogP contribution in [-0.2, 0) is 0 Å². The van der Waals surface area contributed by atoms with Gasteiger partial charge in [-0.05, 0) is 115 Å². The summed E-state index contributed by atoms with van der Waals surface area (Å²) in [5.41, 5.74) is 14.4. The zero-order chi connectivity index (χ0) is 37.3. The van der Waals surface area contributed by atoms with E-state index in [4.69, 9.17) is 0 Å². The molecule has 0 heterocycles. The van der Waals surface area contributed by atoms with Gasteiger partial charge in [-0.15, -0.1) is 0 Å². The highest BCUT2D eigenvalue weighted by atomic mass is 15.2. The van der Waals surface area contributed by atoms with Gasteiger partial charge in [0.05, 0.1) is 11.4 Å². The van der Waals surface area contributed by atoms with Crippen molar-refractivity contribution in [2.75, 3.05) is 9.80 Å². The number of nitrogens with zero attached hydrogens (tertiary/aromatic N) is 2. The van der Waals surface area contributed by atoms with Crippen molar-refractivity contribution in [3.05, 3.63) is 187 Å². The first kappa shape index (κ1) is 34.9. The number of rotatable bonds is 11. The molecule has 0 spiro atoms. The van der Waals surface area contributed by atoms with Crippen molar-refractivity contribution in [2.45, 2.75) is 53.4 Å². The highest BCUT2D eigenvalue weighted by Crippen LogP contribution is 2.51. The van der Waals surface area contributed by atoms with Crippen LogP contribution in [0.2, 0.25) is 0 Å². The van der Waals surface area contributed by atoms with E-state index < -0.39 is 0 Å². The molecule has 266 valence electrons. The Morgan fingerprint density at radius 3 is 1.87 bits per heavy atom. The molecule has 0 bridgehead atoms. The van der Waals surface area contributed by atoms with E-state index in [1.165, 1.54) is 82.8 Å². The molecule has 0 N–H and O–H groups in total. The Morgan fingerprint density at radius 1 is 0.704 bits per heavy atom. The molecule has 54 heavy (non-hydrogen) atoms. The average Bonchev–Trinajstić information content (AvgIpc) is 3.18. The second-order valence-electron chi connectivity index (χ2n) is 14.7. The minimum absolute atomic E-state index is 0.891. The second kappa shape index (κ2) is 14.7. The van der Waals surface area contributed by atoms with Gasteiger partial charge in [-0.1, -0.05) is 141 Å². The van der Waals surface area contributed by atoms with E-state index in [0.717, 1.165) is 42.8 Å². The third-order valence-electron chi connectivity index (χ3n) is 10.9. The summed E-state index contributed by atoms with van der Waals surface area (Å²) in [4.78, 5) is 4.90. The number of hydrogen-bond donors (Lipinski definition) is 0. The lowest BCUT2D eigenvalue weighted by molar-refractivity contribution is 0.864. The first-order chi connectivity index (χ1) is 26.4. The van der Waals surface area contributed by atoms with E-state index >= 15 is 0 Å². The van der Waals surface area contributed by atoms with E-state index in [9.17, 15) is 0 Å². The van der Waals surface area contributed by atoms with Gasteiger partial charge < -0.3 is 9.80 Å². The third-order valence-corrected chi connectivity index (χ3v) is 10.9. The number of hydrogen-bond acceptors (Lipinski definition) is 2. The van der Waals surface area contributed by atoms with Gasteiger partial charge in [0.25, 0.3) is 0 Å². The van der Waals surface area contributed by atoms with Crippen molar-refractivity contribution < 1.29 is 0 Å².